The van der Waals surface area contributed by atoms with Gasteiger partial charge in [0.15, 0.2) is 11.4 Å². The number of aliphatic carboxylic acids is 1. The summed E-state index contributed by atoms with van der Waals surface area (Å²) in [5.41, 5.74) is 0.305. The lowest BCUT2D eigenvalue weighted by Gasteiger charge is -2.47. The average Bonchev–Trinajstić information content (AvgIpc) is 3.40. The highest BCUT2D eigenvalue weighted by atomic mass is 32.1. The Morgan fingerprint density at radius 3 is 2.94 bits per heavy atom. The van der Waals surface area contributed by atoms with E-state index >= 15 is 0 Å². The van der Waals surface area contributed by atoms with Gasteiger partial charge >= 0.3 is 5.97 Å². The van der Waals surface area contributed by atoms with Crippen LogP contribution in [0.4, 0.5) is 0 Å². The van der Waals surface area contributed by atoms with Crippen LogP contribution in [-0.2, 0) is 16.1 Å². The highest BCUT2D eigenvalue weighted by molar-refractivity contribution is 7.17. The van der Waals surface area contributed by atoms with Crippen LogP contribution in [0.3, 0.4) is 0 Å². The molecule has 0 aromatic carbocycles. The molecule has 1 aliphatic heterocycles. The fourth-order valence-corrected chi connectivity index (χ4v) is 5.27. The van der Waals surface area contributed by atoms with Crippen LogP contribution in [0.15, 0.2) is 34.3 Å². The summed E-state index contributed by atoms with van der Waals surface area (Å²) in [5, 5.41) is 17.6. The van der Waals surface area contributed by atoms with Crippen molar-refractivity contribution in [1.82, 2.24) is 15.0 Å². The molecular formula is C24H31N3O4S. The summed E-state index contributed by atoms with van der Waals surface area (Å²) in [5.74, 6) is -0.0828. The first-order valence-corrected chi connectivity index (χ1v) is 12.0. The molecule has 172 valence electrons. The number of carboxylic acids is 1. The number of ether oxygens (including phenoxy) is 1. The summed E-state index contributed by atoms with van der Waals surface area (Å²) >= 11 is 1.62. The summed E-state index contributed by atoms with van der Waals surface area (Å²) in [4.78, 5) is 19.0. The Morgan fingerprint density at radius 2 is 2.22 bits per heavy atom. The van der Waals surface area contributed by atoms with Crippen molar-refractivity contribution < 1.29 is 19.2 Å². The van der Waals surface area contributed by atoms with Crippen LogP contribution in [0, 0.1) is 11.3 Å². The third kappa shape index (κ3) is 4.58. The number of piperidine rings is 1. The first-order valence-electron chi connectivity index (χ1n) is 11.1. The fourth-order valence-electron chi connectivity index (χ4n) is 4.38. The standard InChI is InChI=1S/C24H31N3O4S/c1-5-9-30-24(22(28)29)12-17(23(2,3)4)13-27(15-24)14-18-11-19(31-26-18)20-21-16(6-8-25-20)7-10-32-21/h6-8,10-11,17H,5,9,12-15H2,1-4H3,(H,28,29)/t17-,24+/m1/s1. The summed E-state index contributed by atoms with van der Waals surface area (Å²) in [6, 6.07) is 5.96. The van der Waals surface area contributed by atoms with Gasteiger partial charge in [0, 0.05) is 38.5 Å². The van der Waals surface area contributed by atoms with Crippen molar-refractivity contribution in [3.63, 3.8) is 0 Å². The molecule has 3 aromatic heterocycles. The van der Waals surface area contributed by atoms with E-state index < -0.39 is 11.6 Å². The minimum Gasteiger partial charge on any atom is -0.479 e. The Bertz CT molecular complexity index is 1090. The molecule has 0 spiro atoms. The number of hydrogen-bond donors (Lipinski definition) is 1. The van der Waals surface area contributed by atoms with Crippen LogP contribution in [0.2, 0.25) is 0 Å². The van der Waals surface area contributed by atoms with Gasteiger partial charge in [0.1, 0.15) is 5.69 Å². The molecule has 1 aliphatic rings. The maximum Gasteiger partial charge on any atom is 0.337 e. The van der Waals surface area contributed by atoms with Crippen LogP contribution >= 0.6 is 11.3 Å². The number of thiophene rings is 1. The minimum atomic E-state index is -1.21. The second-order valence-corrected chi connectivity index (χ2v) is 10.7. The number of rotatable bonds is 7. The Morgan fingerprint density at radius 1 is 1.41 bits per heavy atom. The molecule has 0 bridgehead atoms. The third-order valence-corrected chi connectivity index (χ3v) is 7.21. The number of carbonyl (C=O) groups is 1. The molecule has 0 amide bonds. The molecule has 3 aromatic rings. The van der Waals surface area contributed by atoms with Gasteiger partial charge in [-0.05, 0) is 47.1 Å². The molecule has 1 saturated heterocycles. The molecule has 0 saturated carbocycles. The van der Waals surface area contributed by atoms with E-state index in [-0.39, 0.29) is 11.3 Å². The molecule has 1 N–H and O–H groups in total. The van der Waals surface area contributed by atoms with Crippen molar-refractivity contribution in [1.29, 1.82) is 0 Å². The summed E-state index contributed by atoms with van der Waals surface area (Å²) in [6.07, 6.45) is 3.07. The summed E-state index contributed by atoms with van der Waals surface area (Å²) in [6.45, 7) is 10.5. The fraction of sp³-hybridized carbons (Fsp3) is 0.542. The summed E-state index contributed by atoms with van der Waals surface area (Å²) < 4.78 is 12.7. The van der Waals surface area contributed by atoms with Crippen molar-refractivity contribution in [2.45, 2.75) is 52.7 Å². The monoisotopic (exact) mass is 457 g/mol. The predicted molar refractivity (Wildman–Crippen MR) is 125 cm³/mol. The second kappa shape index (κ2) is 8.92. The van der Waals surface area contributed by atoms with Crippen molar-refractivity contribution in [3.8, 4) is 11.5 Å². The highest BCUT2D eigenvalue weighted by Crippen LogP contribution is 2.40. The number of pyridine rings is 1. The molecule has 0 unspecified atom stereocenters. The van der Waals surface area contributed by atoms with Crippen LogP contribution in [0.1, 0.15) is 46.2 Å². The molecule has 4 heterocycles. The molecule has 2 atom stereocenters. The molecule has 0 aliphatic carbocycles. The molecule has 32 heavy (non-hydrogen) atoms. The third-order valence-electron chi connectivity index (χ3n) is 6.28. The molecular weight excluding hydrogens is 426 g/mol. The van der Waals surface area contributed by atoms with Gasteiger partial charge in [0.25, 0.3) is 0 Å². The largest absolute Gasteiger partial charge is 0.479 e. The second-order valence-electron chi connectivity index (χ2n) is 9.77. The Kier molecular flexibility index (Phi) is 6.38. The van der Waals surface area contributed by atoms with E-state index in [2.05, 4.69) is 41.9 Å². The lowest BCUT2D eigenvalue weighted by molar-refractivity contribution is -0.181. The molecule has 1 fully saturated rings. The SMILES string of the molecule is CCCO[C@@]1(C(=O)O)C[C@@H](C(C)(C)C)CN(Cc2cc(-c3nccc4ccsc34)on2)C1. The van der Waals surface area contributed by atoms with E-state index in [0.29, 0.717) is 31.9 Å². The van der Waals surface area contributed by atoms with Crippen LogP contribution in [-0.4, -0.2) is 51.4 Å². The van der Waals surface area contributed by atoms with Gasteiger partial charge < -0.3 is 14.4 Å². The van der Waals surface area contributed by atoms with Crippen LogP contribution in [0.5, 0.6) is 0 Å². The first kappa shape index (κ1) is 22.9. The average molecular weight is 458 g/mol. The lowest BCUT2D eigenvalue weighted by Crippen LogP contribution is -2.59. The summed E-state index contributed by atoms with van der Waals surface area (Å²) in [7, 11) is 0. The zero-order valence-electron chi connectivity index (χ0n) is 19.1. The smallest absolute Gasteiger partial charge is 0.337 e. The number of likely N-dealkylation sites (tertiary alicyclic amines) is 1. The number of nitrogens with zero attached hydrogens (tertiary/aromatic N) is 3. The quantitative estimate of drug-likeness (QED) is 0.530. The Labute approximate surface area is 192 Å². The topological polar surface area (TPSA) is 88.7 Å². The van der Waals surface area contributed by atoms with Gasteiger partial charge in [-0.25, -0.2) is 4.79 Å². The van der Waals surface area contributed by atoms with Gasteiger partial charge in [-0.1, -0.05) is 32.9 Å². The zero-order valence-corrected chi connectivity index (χ0v) is 19.9. The zero-order chi connectivity index (χ0) is 22.9. The van der Waals surface area contributed by atoms with Crippen molar-refractivity contribution in [2.75, 3.05) is 19.7 Å². The molecule has 4 rings (SSSR count). The highest BCUT2D eigenvalue weighted by Gasteiger charge is 2.49. The van der Waals surface area contributed by atoms with E-state index in [1.165, 1.54) is 0 Å². The first-order chi connectivity index (χ1) is 15.2. The van der Waals surface area contributed by atoms with E-state index in [1.807, 2.05) is 24.4 Å². The molecule has 0 radical (unpaired) electrons. The van der Waals surface area contributed by atoms with E-state index in [9.17, 15) is 9.90 Å². The number of hydrogen-bond acceptors (Lipinski definition) is 7. The van der Waals surface area contributed by atoms with Gasteiger partial charge in [0.05, 0.1) is 10.4 Å². The number of carboxylic acid groups (broad SMARTS) is 1. The van der Waals surface area contributed by atoms with Gasteiger partial charge in [0.2, 0.25) is 0 Å². The van der Waals surface area contributed by atoms with Crippen molar-refractivity contribution in [2.24, 2.45) is 11.3 Å². The van der Waals surface area contributed by atoms with Crippen molar-refractivity contribution >= 4 is 27.4 Å². The number of aromatic nitrogens is 2. The van der Waals surface area contributed by atoms with E-state index in [0.717, 1.165) is 34.4 Å². The van der Waals surface area contributed by atoms with Crippen LogP contribution in [0.25, 0.3) is 21.5 Å². The Balaban J connectivity index is 1.59. The van der Waals surface area contributed by atoms with E-state index in [4.69, 9.17) is 9.26 Å². The van der Waals surface area contributed by atoms with Gasteiger partial charge in [-0.2, -0.15) is 0 Å². The molecule has 8 heteroatoms. The van der Waals surface area contributed by atoms with Crippen molar-refractivity contribution in [3.05, 3.63) is 35.5 Å². The van der Waals surface area contributed by atoms with Gasteiger partial charge in [-0.15, -0.1) is 11.3 Å². The van der Waals surface area contributed by atoms with E-state index in [1.54, 1.807) is 17.5 Å². The Hall–Kier alpha value is -2.29. The normalized spacial score (nSPS) is 22.4. The maximum absolute atomic E-state index is 12.3. The van der Waals surface area contributed by atoms with Gasteiger partial charge in [-0.3, -0.25) is 9.88 Å². The lowest BCUT2D eigenvalue weighted by atomic mass is 9.71. The maximum atomic E-state index is 12.3. The van der Waals surface area contributed by atoms with Crippen LogP contribution < -0.4 is 0 Å². The number of fused-ring (bicyclic) bond motifs is 1. The predicted octanol–water partition coefficient (Wildman–Crippen LogP) is 5.07. The minimum absolute atomic E-state index is 0.0390. The molecule has 7 nitrogen and oxygen atoms in total.